The maximum absolute atomic E-state index is 12.9. The molecule has 5 heteroatoms. The molecule has 0 radical (unpaired) electrons. The predicted molar refractivity (Wildman–Crippen MR) is 99.7 cm³/mol. The standard InChI is InChI=1S/C22H16N2O3/c25-21-18-13-5-6-14(11-13)19(18)22(26)24(21)15-9-7-12(8-10-15)20-23-16-3-1-2-4-17(16)27-20/h1-10,13-14,18-19H,11H2/t13-,14-,18-,19+/m1/s1. The number of rotatable bonds is 2. The average Bonchev–Trinajstić information content (AvgIpc) is 3.45. The molecule has 1 saturated heterocycles. The van der Waals surface area contributed by atoms with Crippen molar-refractivity contribution in [2.24, 2.45) is 23.7 Å². The summed E-state index contributed by atoms with van der Waals surface area (Å²) in [6.45, 7) is 0. The molecule has 132 valence electrons. The SMILES string of the molecule is O=C1[C@@H]2[C@H](C(=O)N1c1ccc(-c3nc4ccccc4o3)cc1)[C@@H]1C=C[C@@H]2C1. The zero-order chi connectivity index (χ0) is 18.1. The van der Waals surface area contributed by atoms with Gasteiger partial charge in [0.2, 0.25) is 17.7 Å². The third-order valence-electron chi connectivity index (χ3n) is 6.14. The van der Waals surface area contributed by atoms with Crippen LogP contribution in [0.3, 0.4) is 0 Å². The van der Waals surface area contributed by atoms with Crippen molar-refractivity contribution in [1.82, 2.24) is 4.98 Å². The molecule has 1 aliphatic heterocycles. The molecule has 2 fully saturated rings. The van der Waals surface area contributed by atoms with E-state index in [4.69, 9.17) is 4.42 Å². The molecule has 2 aromatic carbocycles. The zero-order valence-corrected chi connectivity index (χ0v) is 14.4. The van der Waals surface area contributed by atoms with Crippen molar-refractivity contribution in [2.75, 3.05) is 4.90 Å². The first kappa shape index (κ1) is 14.9. The number of hydrogen-bond acceptors (Lipinski definition) is 4. The Kier molecular flexibility index (Phi) is 2.85. The van der Waals surface area contributed by atoms with Gasteiger partial charge in [-0.1, -0.05) is 24.3 Å². The quantitative estimate of drug-likeness (QED) is 0.517. The zero-order valence-electron chi connectivity index (χ0n) is 14.4. The van der Waals surface area contributed by atoms with Crippen molar-refractivity contribution in [1.29, 1.82) is 0 Å². The smallest absolute Gasteiger partial charge is 0.238 e. The Balaban J connectivity index is 1.33. The van der Waals surface area contributed by atoms with Crippen LogP contribution < -0.4 is 4.90 Å². The third kappa shape index (κ3) is 1.97. The number of imide groups is 1. The second-order valence-electron chi connectivity index (χ2n) is 7.55. The normalized spacial score (nSPS) is 28.5. The molecule has 2 heterocycles. The van der Waals surface area contributed by atoms with E-state index in [1.807, 2.05) is 36.4 Å². The third-order valence-corrected chi connectivity index (χ3v) is 6.14. The summed E-state index contributed by atoms with van der Waals surface area (Å²) in [6, 6.07) is 14.9. The van der Waals surface area contributed by atoms with Crippen molar-refractivity contribution >= 4 is 28.6 Å². The molecule has 2 amide bonds. The number of aromatic nitrogens is 1. The second-order valence-corrected chi connectivity index (χ2v) is 7.55. The van der Waals surface area contributed by atoms with Gasteiger partial charge in [-0.05, 0) is 54.7 Å². The molecule has 3 aliphatic rings. The van der Waals surface area contributed by atoms with Crippen LogP contribution in [-0.4, -0.2) is 16.8 Å². The minimum Gasteiger partial charge on any atom is -0.436 e. The number of carbonyl (C=O) groups is 2. The van der Waals surface area contributed by atoms with Crippen LogP contribution in [0.25, 0.3) is 22.6 Å². The van der Waals surface area contributed by atoms with Crippen LogP contribution in [0.4, 0.5) is 5.69 Å². The van der Waals surface area contributed by atoms with Crippen molar-refractivity contribution < 1.29 is 14.0 Å². The minimum atomic E-state index is -0.177. The number of amides is 2. The topological polar surface area (TPSA) is 63.4 Å². The summed E-state index contributed by atoms with van der Waals surface area (Å²) in [5, 5.41) is 0. The summed E-state index contributed by atoms with van der Waals surface area (Å²) >= 11 is 0. The molecule has 4 atom stereocenters. The van der Waals surface area contributed by atoms with E-state index in [1.165, 1.54) is 4.90 Å². The number of benzene rings is 2. The summed E-state index contributed by atoms with van der Waals surface area (Å²) in [5.74, 6) is 0.503. The average molecular weight is 356 g/mol. The van der Waals surface area contributed by atoms with E-state index in [0.717, 1.165) is 23.1 Å². The maximum atomic E-state index is 12.9. The summed E-state index contributed by atoms with van der Waals surface area (Å²) < 4.78 is 5.79. The highest BCUT2D eigenvalue weighted by Gasteiger charge is 2.59. The van der Waals surface area contributed by atoms with Gasteiger partial charge in [0.05, 0.1) is 17.5 Å². The van der Waals surface area contributed by atoms with Crippen molar-refractivity contribution in [3.05, 3.63) is 60.7 Å². The predicted octanol–water partition coefficient (Wildman–Crippen LogP) is 3.81. The minimum absolute atomic E-state index is 0.0588. The molecule has 1 aromatic heterocycles. The van der Waals surface area contributed by atoms with Crippen molar-refractivity contribution in [3.63, 3.8) is 0 Å². The highest BCUT2D eigenvalue weighted by atomic mass is 16.3. The molecule has 1 saturated carbocycles. The Morgan fingerprint density at radius 3 is 2.22 bits per heavy atom. The molecule has 5 nitrogen and oxygen atoms in total. The van der Waals surface area contributed by atoms with Gasteiger partial charge in [0.25, 0.3) is 0 Å². The molecular formula is C22H16N2O3. The highest BCUT2D eigenvalue weighted by Crippen LogP contribution is 2.53. The summed E-state index contributed by atoms with van der Waals surface area (Å²) in [7, 11) is 0. The molecule has 0 N–H and O–H groups in total. The van der Waals surface area contributed by atoms with Crippen molar-refractivity contribution in [2.45, 2.75) is 6.42 Å². The molecule has 0 unspecified atom stereocenters. The van der Waals surface area contributed by atoms with Gasteiger partial charge in [-0.25, -0.2) is 4.98 Å². The highest BCUT2D eigenvalue weighted by molar-refractivity contribution is 6.22. The van der Waals surface area contributed by atoms with E-state index in [2.05, 4.69) is 17.1 Å². The number of fused-ring (bicyclic) bond motifs is 6. The number of carbonyl (C=O) groups excluding carboxylic acids is 2. The van der Waals surface area contributed by atoms with Gasteiger partial charge in [0.15, 0.2) is 5.58 Å². The molecule has 3 aromatic rings. The number of hydrogen-bond donors (Lipinski definition) is 0. The van der Waals surface area contributed by atoms with Gasteiger partial charge in [0, 0.05) is 5.56 Å². The fraction of sp³-hybridized carbons (Fsp3) is 0.227. The van der Waals surface area contributed by atoms with E-state index >= 15 is 0 Å². The number of allylic oxidation sites excluding steroid dienone is 2. The first-order chi connectivity index (χ1) is 13.2. The van der Waals surface area contributed by atoms with Crippen LogP contribution in [0.2, 0.25) is 0 Å². The Morgan fingerprint density at radius 1 is 0.889 bits per heavy atom. The first-order valence-corrected chi connectivity index (χ1v) is 9.23. The monoisotopic (exact) mass is 356 g/mol. The van der Waals surface area contributed by atoms with E-state index in [0.29, 0.717) is 11.6 Å². The van der Waals surface area contributed by atoms with Crippen LogP contribution in [0.1, 0.15) is 6.42 Å². The van der Waals surface area contributed by atoms with Crippen LogP contribution in [0, 0.1) is 23.7 Å². The van der Waals surface area contributed by atoms with Crippen LogP contribution >= 0.6 is 0 Å². The van der Waals surface area contributed by atoms with Gasteiger partial charge in [-0.2, -0.15) is 0 Å². The molecule has 0 spiro atoms. The van der Waals surface area contributed by atoms with Gasteiger partial charge in [-0.3, -0.25) is 14.5 Å². The fourth-order valence-electron chi connectivity index (χ4n) is 4.91. The number of anilines is 1. The Bertz CT molecular complexity index is 1060. The molecule has 2 bridgehead atoms. The van der Waals surface area contributed by atoms with Gasteiger partial charge >= 0.3 is 0 Å². The van der Waals surface area contributed by atoms with Crippen LogP contribution in [-0.2, 0) is 9.59 Å². The fourth-order valence-corrected chi connectivity index (χ4v) is 4.91. The molecule has 2 aliphatic carbocycles. The molecular weight excluding hydrogens is 340 g/mol. The van der Waals surface area contributed by atoms with Crippen molar-refractivity contribution in [3.8, 4) is 11.5 Å². The Labute approximate surface area is 155 Å². The summed E-state index contributed by atoms with van der Waals surface area (Å²) in [6.07, 6.45) is 5.16. The Morgan fingerprint density at radius 2 is 1.56 bits per heavy atom. The Hall–Kier alpha value is -3.21. The number of nitrogens with zero attached hydrogens (tertiary/aromatic N) is 2. The number of oxazole rings is 1. The lowest BCUT2D eigenvalue weighted by molar-refractivity contribution is -0.123. The van der Waals surface area contributed by atoms with E-state index < -0.39 is 0 Å². The lowest BCUT2D eigenvalue weighted by Gasteiger charge is -2.17. The van der Waals surface area contributed by atoms with E-state index in [-0.39, 0.29) is 35.5 Å². The largest absolute Gasteiger partial charge is 0.436 e. The van der Waals surface area contributed by atoms with Crippen LogP contribution in [0.5, 0.6) is 0 Å². The maximum Gasteiger partial charge on any atom is 0.238 e. The van der Waals surface area contributed by atoms with Gasteiger partial charge in [0.1, 0.15) is 5.52 Å². The molecule has 6 rings (SSSR count). The van der Waals surface area contributed by atoms with Gasteiger partial charge < -0.3 is 4.42 Å². The first-order valence-electron chi connectivity index (χ1n) is 9.23. The summed E-state index contributed by atoms with van der Waals surface area (Å²) in [4.78, 5) is 31.7. The number of para-hydroxylation sites is 2. The van der Waals surface area contributed by atoms with E-state index in [9.17, 15) is 9.59 Å². The van der Waals surface area contributed by atoms with Gasteiger partial charge in [-0.15, -0.1) is 0 Å². The molecule has 27 heavy (non-hydrogen) atoms. The second kappa shape index (κ2) is 5.16. The lowest BCUT2D eigenvalue weighted by atomic mass is 9.85. The van der Waals surface area contributed by atoms with Crippen LogP contribution in [0.15, 0.2) is 65.1 Å². The summed E-state index contributed by atoms with van der Waals surface area (Å²) in [5.41, 5.74) is 2.98. The lowest BCUT2D eigenvalue weighted by Crippen LogP contribution is -2.32. The van der Waals surface area contributed by atoms with E-state index in [1.54, 1.807) is 12.1 Å².